The summed E-state index contributed by atoms with van der Waals surface area (Å²) in [5, 5.41) is 8.68. The Morgan fingerprint density at radius 1 is 1.33 bits per heavy atom. The zero-order chi connectivity index (χ0) is 13.5. The Bertz CT molecular complexity index is 611. The number of halogens is 2. The molecule has 0 aromatic heterocycles. The van der Waals surface area contributed by atoms with Crippen molar-refractivity contribution in [2.24, 2.45) is 0 Å². The Kier molecular flexibility index (Phi) is 3.07. The van der Waals surface area contributed by atoms with Crippen LogP contribution in [0.4, 0.5) is 8.78 Å². The molecule has 5 nitrogen and oxygen atoms in total. The number of rotatable bonds is 4. The lowest BCUT2D eigenvalue weighted by atomic mass is 10.2. The SMILES string of the molecule is O=C(O)c1cc(F)c(F)c(S(=O)(=O)NC2CC2)c1. The molecule has 98 valence electrons. The van der Waals surface area contributed by atoms with E-state index in [1.807, 2.05) is 0 Å². The molecule has 0 heterocycles. The number of sulfonamides is 1. The predicted octanol–water partition coefficient (Wildman–Crippen LogP) is 1.10. The van der Waals surface area contributed by atoms with Crippen molar-refractivity contribution in [3.05, 3.63) is 29.3 Å². The maximum atomic E-state index is 13.4. The first-order valence-corrected chi connectivity index (χ1v) is 6.54. The van der Waals surface area contributed by atoms with E-state index in [1.54, 1.807) is 0 Å². The molecule has 1 aliphatic rings. The van der Waals surface area contributed by atoms with E-state index in [0.717, 1.165) is 0 Å². The number of nitrogens with one attached hydrogen (secondary N) is 1. The Balaban J connectivity index is 2.51. The van der Waals surface area contributed by atoms with Crippen molar-refractivity contribution in [1.82, 2.24) is 4.72 Å². The standard InChI is InChI=1S/C10H9F2NO4S/c11-7-3-5(10(14)15)4-8(9(7)12)18(16,17)13-6-1-2-6/h3-4,6,13H,1-2H2,(H,14,15). The smallest absolute Gasteiger partial charge is 0.335 e. The molecule has 1 fully saturated rings. The molecule has 0 aliphatic heterocycles. The van der Waals surface area contributed by atoms with E-state index >= 15 is 0 Å². The molecule has 0 unspecified atom stereocenters. The van der Waals surface area contributed by atoms with Crippen LogP contribution in [0.1, 0.15) is 23.2 Å². The van der Waals surface area contributed by atoms with Crippen LogP contribution in [0.15, 0.2) is 17.0 Å². The van der Waals surface area contributed by atoms with Gasteiger partial charge in [0.05, 0.1) is 5.56 Å². The Hall–Kier alpha value is -1.54. The summed E-state index contributed by atoms with van der Waals surface area (Å²) in [4.78, 5) is 9.69. The minimum Gasteiger partial charge on any atom is -0.478 e. The molecule has 2 N–H and O–H groups in total. The summed E-state index contributed by atoms with van der Waals surface area (Å²) in [5.74, 6) is -4.61. The summed E-state index contributed by atoms with van der Waals surface area (Å²) >= 11 is 0. The quantitative estimate of drug-likeness (QED) is 0.863. The van der Waals surface area contributed by atoms with Gasteiger partial charge >= 0.3 is 5.97 Å². The van der Waals surface area contributed by atoms with Gasteiger partial charge in [-0.2, -0.15) is 0 Å². The van der Waals surface area contributed by atoms with Crippen molar-refractivity contribution in [3.63, 3.8) is 0 Å². The van der Waals surface area contributed by atoms with Gasteiger partial charge in [-0.15, -0.1) is 0 Å². The van der Waals surface area contributed by atoms with E-state index in [9.17, 15) is 22.0 Å². The number of benzene rings is 1. The molecular formula is C10H9F2NO4S. The van der Waals surface area contributed by atoms with E-state index < -0.39 is 38.1 Å². The second kappa shape index (κ2) is 4.29. The van der Waals surface area contributed by atoms with Crippen molar-refractivity contribution < 1.29 is 27.1 Å². The van der Waals surface area contributed by atoms with Gasteiger partial charge in [0.15, 0.2) is 11.6 Å². The molecule has 1 aromatic rings. The predicted molar refractivity (Wildman–Crippen MR) is 56.7 cm³/mol. The highest BCUT2D eigenvalue weighted by Crippen LogP contribution is 2.25. The third kappa shape index (κ3) is 2.49. The van der Waals surface area contributed by atoms with E-state index in [1.165, 1.54) is 0 Å². The van der Waals surface area contributed by atoms with Gasteiger partial charge in [-0.3, -0.25) is 0 Å². The summed E-state index contributed by atoms with van der Waals surface area (Å²) < 4.78 is 52.2. The average molecular weight is 277 g/mol. The largest absolute Gasteiger partial charge is 0.478 e. The first-order valence-electron chi connectivity index (χ1n) is 5.06. The third-order valence-corrected chi connectivity index (χ3v) is 3.95. The summed E-state index contributed by atoms with van der Waals surface area (Å²) in [5.41, 5.74) is -0.620. The zero-order valence-corrected chi connectivity index (χ0v) is 9.80. The lowest BCUT2D eigenvalue weighted by molar-refractivity contribution is 0.0696. The second-order valence-electron chi connectivity index (χ2n) is 3.97. The van der Waals surface area contributed by atoms with Gasteiger partial charge in [0.1, 0.15) is 4.90 Å². The van der Waals surface area contributed by atoms with Crippen molar-refractivity contribution in [2.75, 3.05) is 0 Å². The third-order valence-electron chi connectivity index (χ3n) is 2.43. The number of hydrogen-bond donors (Lipinski definition) is 2. The average Bonchev–Trinajstić information content (AvgIpc) is 3.04. The molecule has 1 aliphatic carbocycles. The van der Waals surface area contributed by atoms with Gasteiger partial charge in [-0.25, -0.2) is 26.7 Å². The van der Waals surface area contributed by atoms with E-state index in [4.69, 9.17) is 5.11 Å². The molecule has 2 rings (SSSR count). The molecule has 0 amide bonds. The van der Waals surface area contributed by atoms with Gasteiger partial charge in [0.2, 0.25) is 10.0 Å². The Labute approximate surface area is 101 Å². The van der Waals surface area contributed by atoms with Crippen LogP contribution < -0.4 is 4.72 Å². The van der Waals surface area contributed by atoms with Crippen LogP contribution in [0.2, 0.25) is 0 Å². The number of carbonyl (C=O) groups is 1. The first kappa shape index (κ1) is 12.9. The first-order chi connectivity index (χ1) is 8.31. The van der Waals surface area contributed by atoms with Crippen LogP contribution in [0.25, 0.3) is 0 Å². The van der Waals surface area contributed by atoms with Crippen molar-refractivity contribution in [2.45, 2.75) is 23.8 Å². The zero-order valence-electron chi connectivity index (χ0n) is 8.98. The fraction of sp³-hybridized carbons (Fsp3) is 0.300. The van der Waals surface area contributed by atoms with Gasteiger partial charge in [0, 0.05) is 6.04 Å². The van der Waals surface area contributed by atoms with E-state index in [-0.39, 0.29) is 6.04 Å². The number of carboxylic acid groups (broad SMARTS) is 1. The molecule has 18 heavy (non-hydrogen) atoms. The summed E-state index contributed by atoms with van der Waals surface area (Å²) in [6.07, 6.45) is 1.25. The minimum absolute atomic E-state index is 0.286. The fourth-order valence-corrected chi connectivity index (χ4v) is 2.78. The Morgan fingerprint density at radius 3 is 2.44 bits per heavy atom. The van der Waals surface area contributed by atoms with Gasteiger partial charge in [0.25, 0.3) is 0 Å². The number of aromatic carboxylic acids is 1. The molecule has 0 spiro atoms. The summed E-state index contributed by atoms with van der Waals surface area (Å²) in [7, 11) is -4.23. The highest BCUT2D eigenvalue weighted by molar-refractivity contribution is 7.89. The molecule has 8 heteroatoms. The molecular weight excluding hydrogens is 268 g/mol. The van der Waals surface area contributed by atoms with Gasteiger partial charge in [-0.1, -0.05) is 0 Å². The van der Waals surface area contributed by atoms with Crippen molar-refractivity contribution in [1.29, 1.82) is 0 Å². The maximum absolute atomic E-state index is 13.4. The van der Waals surface area contributed by atoms with Crippen LogP contribution in [0, 0.1) is 11.6 Å². The van der Waals surface area contributed by atoms with E-state index in [2.05, 4.69) is 4.72 Å². The van der Waals surface area contributed by atoms with Crippen LogP contribution in [-0.4, -0.2) is 25.5 Å². The lowest BCUT2D eigenvalue weighted by Crippen LogP contribution is -2.27. The summed E-state index contributed by atoms with van der Waals surface area (Å²) in [6, 6.07) is 0.755. The number of carboxylic acids is 1. The van der Waals surface area contributed by atoms with Crippen molar-refractivity contribution >= 4 is 16.0 Å². The molecule has 0 saturated heterocycles. The number of hydrogen-bond acceptors (Lipinski definition) is 3. The monoisotopic (exact) mass is 277 g/mol. The van der Waals surface area contributed by atoms with Crippen LogP contribution >= 0.6 is 0 Å². The molecule has 1 aromatic carbocycles. The van der Waals surface area contributed by atoms with Crippen LogP contribution in [0.3, 0.4) is 0 Å². The molecule has 0 radical (unpaired) electrons. The topological polar surface area (TPSA) is 83.5 Å². The fourth-order valence-electron chi connectivity index (χ4n) is 1.37. The maximum Gasteiger partial charge on any atom is 0.335 e. The highest BCUT2D eigenvalue weighted by Gasteiger charge is 2.31. The van der Waals surface area contributed by atoms with Gasteiger partial charge < -0.3 is 5.11 Å². The van der Waals surface area contributed by atoms with E-state index in [0.29, 0.717) is 25.0 Å². The van der Waals surface area contributed by atoms with Crippen LogP contribution in [0.5, 0.6) is 0 Å². The van der Waals surface area contributed by atoms with Crippen molar-refractivity contribution in [3.8, 4) is 0 Å². The molecule has 0 atom stereocenters. The van der Waals surface area contributed by atoms with Crippen LogP contribution in [-0.2, 0) is 10.0 Å². The minimum atomic E-state index is -4.23. The summed E-state index contributed by atoms with van der Waals surface area (Å²) in [6.45, 7) is 0. The Morgan fingerprint density at radius 2 is 1.94 bits per heavy atom. The molecule has 0 bridgehead atoms. The second-order valence-corrected chi connectivity index (χ2v) is 5.65. The van der Waals surface area contributed by atoms with Gasteiger partial charge in [-0.05, 0) is 25.0 Å². The molecule has 1 saturated carbocycles. The highest BCUT2D eigenvalue weighted by atomic mass is 32.2. The lowest BCUT2D eigenvalue weighted by Gasteiger charge is -2.08. The normalized spacial score (nSPS) is 15.7.